The fraction of sp³-hybridized carbons (Fsp3) is 0.571. The van der Waals surface area contributed by atoms with Crippen molar-refractivity contribution in [1.82, 2.24) is 4.31 Å². The molecule has 0 saturated carbocycles. The Morgan fingerprint density at radius 2 is 1.95 bits per heavy atom. The van der Waals surface area contributed by atoms with Crippen molar-refractivity contribution >= 4 is 33.2 Å². The Morgan fingerprint density at radius 3 is 2.52 bits per heavy atom. The van der Waals surface area contributed by atoms with Gasteiger partial charge in [-0.1, -0.05) is 37.0 Å². The molecule has 1 aromatic carbocycles. The summed E-state index contributed by atoms with van der Waals surface area (Å²) in [4.78, 5) is 0.0545. The minimum Gasteiger partial charge on any atom is -0.326 e. The molecule has 7 heteroatoms. The van der Waals surface area contributed by atoms with Crippen molar-refractivity contribution < 1.29 is 8.42 Å². The van der Waals surface area contributed by atoms with Crippen LogP contribution in [0.3, 0.4) is 0 Å². The molecule has 2 N–H and O–H groups in total. The largest absolute Gasteiger partial charge is 0.326 e. The summed E-state index contributed by atoms with van der Waals surface area (Å²) in [7, 11) is -3.64. The van der Waals surface area contributed by atoms with Crippen LogP contribution in [0.5, 0.6) is 0 Å². The monoisotopic (exact) mass is 350 g/mol. The van der Waals surface area contributed by atoms with Crippen LogP contribution in [0.2, 0.25) is 10.0 Å². The number of hydrogen-bond acceptors (Lipinski definition) is 3. The van der Waals surface area contributed by atoms with Crippen LogP contribution in [0.15, 0.2) is 17.0 Å². The first-order chi connectivity index (χ1) is 9.77. The van der Waals surface area contributed by atoms with Crippen molar-refractivity contribution in [3.05, 3.63) is 27.7 Å². The Bertz CT molecular complexity index is 634. The molecule has 4 nitrogen and oxygen atoms in total. The predicted octanol–water partition coefficient (Wildman–Crippen LogP) is 3.12. The third-order valence-corrected chi connectivity index (χ3v) is 6.88. The molecule has 1 aliphatic rings. The highest BCUT2D eigenvalue weighted by atomic mass is 35.5. The Labute approximate surface area is 136 Å². The van der Waals surface area contributed by atoms with E-state index in [1.165, 1.54) is 10.4 Å². The molecular weight excluding hydrogens is 331 g/mol. The first-order valence-electron chi connectivity index (χ1n) is 6.95. The lowest BCUT2D eigenvalue weighted by Gasteiger charge is -2.34. The molecule has 2 atom stereocenters. The third kappa shape index (κ3) is 3.37. The summed E-state index contributed by atoms with van der Waals surface area (Å²) >= 11 is 12.2. The molecule has 0 aromatic heterocycles. The predicted molar refractivity (Wildman–Crippen MR) is 86.1 cm³/mol. The molecule has 1 fully saturated rings. The van der Waals surface area contributed by atoms with Crippen LogP contribution in [0, 0.1) is 11.8 Å². The van der Waals surface area contributed by atoms with Gasteiger partial charge in [0.2, 0.25) is 10.0 Å². The molecule has 21 heavy (non-hydrogen) atoms. The van der Waals surface area contributed by atoms with Crippen molar-refractivity contribution in [2.45, 2.75) is 31.7 Å². The third-order valence-electron chi connectivity index (χ3n) is 4.21. The summed E-state index contributed by atoms with van der Waals surface area (Å²) in [5.74, 6) is 0.839. The fourth-order valence-electron chi connectivity index (χ4n) is 2.54. The van der Waals surface area contributed by atoms with Gasteiger partial charge in [-0.05, 0) is 36.0 Å². The van der Waals surface area contributed by atoms with Crippen LogP contribution >= 0.6 is 23.2 Å². The summed E-state index contributed by atoms with van der Waals surface area (Å²) in [6, 6.07) is 3.00. The molecule has 1 aliphatic heterocycles. The van der Waals surface area contributed by atoms with E-state index >= 15 is 0 Å². The second-order valence-electron chi connectivity index (χ2n) is 5.69. The summed E-state index contributed by atoms with van der Waals surface area (Å²) in [5, 5.41) is 0.505. The number of nitrogens with two attached hydrogens (primary N) is 1. The van der Waals surface area contributed by atoms with E-state index in [9.17, 15) is 8.42 Å². The van der Waals surface area contributed by atoms with Crippen LogP contribution in [0.1, 0.15) is 25.8 Å². The first-order valence-corrected chi connectivity index (χ1v) is 9.15. The molecule has 0 spiro atoms. The van der Waals surface area contributed by atoms with Crippen molar-refractivity contribution in [2.24, 2.45) is 17.6 Å². The Morgan fingerprint density at radius 1 is 1.29 bits per heavy atom. The molecule has 1 saturated heterocycles. The van der Waals surface area contributed by atoms with Crippen molar-refractivity contribution in [1.29, 1.82) is 0 Å². The summed E-state index contributed by atoms with van der Waals surface area (Å²) in [5.41, 5.74) is 6.14. The van der Waals surface area contributed by atoms with Gasteiger partial charge in [0.15, 0.2) is 0 Å². The van der Waals surface area contributed by atoms with Gasteiger partial charge in [-0.25, -0.2) is 8.42 Å². The van der Waals surface area contributed by atoms with E-state index in [-0.39, 0.29) is 16.5 Å². The maximum Gasteiger partial charge on any atom is 0.244 e. The van der Waals surface area contributed by atoms with Gasteiger partial charge in [-0.15, -0.1) is 0 Å². The Kier molecular flexibility index (Phi) is 5.21. The number of piperidine rings is 1. The van der Waals surface area contributed by atoms with Crippen molar-refractivity contribution in [3.63, 3.8) is 0 Å². The average Bonchev–Trinajstić information content (AvgIpc) is 2.43. The maximum absolute atomic E-state index is 12.8. The van der Waals surface area contributed by atoms with Crippen molar-refractivity contribution in [2.75, 3.05) is 13.1 Å². The molecule has 0 aliphatic carbocycles. The molecule has 0 bridgehead atoms. The molecule has 0 amide bonds. The van der Waals surface area contributed by atoms with Gasteiger partial charge in [-0.3, -0.25) is 0 Å². The van der Waals surface area contributed by atoms with Gasteiger partial charge in [0, 0.05) is 24.7 Å². The zero-order valence-corrected chi connectivity index (χ0v) is 14.5. The second-order valence-corrected chi connectivity index (χ2v) is 8.41. The van der Waals surface area contributed by atoms with E-state index in [1.807, 2.05) is 0 Å². The van der Waals surface area contributed by atoms with E-state index in [4.69, 9.17) is 28.9 Å². The van der Waals surface area contributed by atoms with Crippen LogP contribution in [0.25, 0.3) is 0 Å². The number of rotatable bonds is 3. The smallest absolute Gasteiger partial charge is 0.244 e. The van der Waals surface area contributed by atoms with Crippen LogP contribution in [-0.2, 0) is 16.6 Å². The molecule has 2 rings (SSSR count). The van der Waals surface area contributed by atoms with Crippen LogP contribution in [0.4, 0.5) is 0 Å². The molecule has 1 heterocycles. The Balaban J connectivity index is 2.43. The zero-order chi connectivity index (χ0) is 15.8. The zero-order valence-electron chi connectivity index (χ0n) is 12.1. The van der Waals surface area contributed by atoms with Gasteiger partial charge < -0.3 is 5.73 Å². The summed E-state index contributed by atoms with van der Waals surface area (Å²) in [6.45, 7) is 5.37. The standard InChI is InChI=1S/C14H20Cl2N2O2S/c1-9-3-4-18(8-10(9)2)21(19,20)13-6-12(15)5-11(7-17)14(13)16/h5-6,9-10H,3-4,7-8,17H2,1-2H3. The number of nitrogens with zero attached hydrogens (tertiary/aromatic N) is 1. The molecular formula is C14H20Cl2N2O2S. The maximum atomic E-state index is 12.8. The Hall–Kier alpha value is -0.330. The minimum atomic E-state index is -3.64. The normalized spacial score (nSPS) is 24.2. The second kappa shape index (κ2) is 6.42. The average molecular weight is 351 g/mol. The molecule has 1 aromatic rings. The number of sulfonamides is 1. The van der Waals surface area contributed by atoms with E-state index in [2.05, 4.69) is 13.8 Å². The van der Waals surface area contributed by atoms with Crippen LogP contribution in [-0.4, -0.2) is 25.8 Å². The van der Waals surface area contributed by atoms with Gasteiger partial charge >= 0.3 is 0 Å². The topological polar surface area (TPSA) is 63.4 Å². The fourth-order valence-corrected chi connectivity index (χ4v) is 5.01. The highest BCUT2D eigenvalue weighted by Gasteiger charge is 2.33. The van der Waals surface area contributed by atoms with E-state index in [1.54, 1.807) is 6.07 Å². The summed E-state index contributed by atoms with van der Waals surface area (Å²) < 4.78 is 27.1. The van der Waals surface area contributed by atoms with E-state index in [0.717, 1.165) is 6.42 Å². The van der Waals surface area contributed by atoms with Gasteiger partial charge in [0.05, 0.1) is 5.02 Å². The lowest BCUT2D eigenvalue weighted by molar-refractivity contribution is 0.212. The SMILES string of the molecule is CC1CCN(S(=O)(=O)c2cc(Cl)cc(CN)c2Cl)CC1C. The molecule has 2 unspecified atom stereocenters. The molecule has 0 radical (unpaired) electrons. The van der Waals surface area contributed by atoms with Gasteiger partial charge in [-0.2, -0.15) is 4.31 Å². The number of benzene rings is 1. The van der Waals surface area contributed by atoms with Gasteiger partial charge in [0.25, 0.3) is 0 Å². The highest BCUT2D eigenvalue weighted by molar-refractivity contribution is 7.89. The number of hydrogen-bond donors (Lipinski definition) is 1. The van der Waals surface area contributed by atoms with Crippen LogP contribution < -0.4 is 5.73 Å². The lowest BCUT2D eigenvalue weighted by atomic mass is 9.90. The lowest BCUT2D eigenvalue weighted by Crippen LogP contribution is -2.42. The van der Waals surface area contributed by atoms with E-state index in [0.29, 0.717) is 35.5 Å². The number of halogens is 2. The quantitative estimate of drug-likeness (QED) is 0.910. The summed E-state index contributed by atoms with van der Waals surface area (Å²) in [6.07, 6.45) is 0.850. The van der Waals surface area contributed by atoms with Crippen molar-refractivity contribution in [3.8, 4) is 0 Å². The first kappa shape index (κ1) is 17.0. The highest BCUT2D eigenvalue weighted by Crippen LogP contribution is 2.34. The minimum absolute atomic E-state index is 0.0545. The van der Waals surface area contributed by atoms with E-state index < -0.39 is 10.0 Å². The molecule has 118 valence electrons. The van der Waals surface area contributed by atoms with Gasteiger partial charge in [0.1, 0.15) is 4.90 Å².